The Morgan fingerprint density at radius 2 is 1.67 bits per heavy atom. The lowest BCUT2D eigenvalue weighted by atomic mass is 10.2. The fourth-order valence-electron chi connectivity index (χ4n) is 2.17. The molecule has 1 unspecified atom stereocenters. The Morgan fingerprint density at radius 1 is 1.00 bits per heavy atom. The van der Waals surface area contributed by atoms with E-state index in [1.165, 1.54) is 0 Å². The summed E-state index contributed by atoms with van der Waals surface area (Å²) < 4.78 is 32.9. The number of para-hydroxylation sites is 1. The van der Waals surface area contributed by atoms with Crippen molar-refractivity contribution < 1.29 is 12.8 Å². The number of benzene rings is 2. The van der Waals surface area contributed by atoms with Gasteiger partial charge >= 0.3 is 0 Å². The van der Waals surface area contributed by atoms with Crippen LogP contribution in [0.5, 0.6) is 0 Å². The largest absolute Gasteiger partial charge is 0.459 e. The first-order valence-corrected chi connectivity index (χ1v) is 8.10. The quantitative estimate of drug-likeness (QED) is 0.802. The number of hydrogen-bond donors (Lipinski definition) is 1. The van der Waals surface area contributed by atoms with E-state index < -0.39 is 16.1 Å². The summed E-state index contributed by atoms with van der Waals surface area (Å²) in [6.45, 7) is 1.76. The molecule has 21 heavy (non-hydrogen) atoms. The minimum atomic E-state index is -3.56. The van der Waals surface area contributed by atoms with Crippen molar-refractivity contribution in [2.75, 3.05) is 0 Å². The van der Waals surface area contributed by atoms with Gasteiger partial charge in [0.15, 0.2) is 0 Å². The normalized spacial score (nSPS) is 13.4. The molecular formula is C16H15NO3S. The van der Waals surface area contributed by atoms with Gasteiger partial charge in [0.25, 0.3) is 0 Å². The van der Waals surface area contributed by atoms with Gasteiger partial charge in [0.1, 0.15) is 11.3 Å². The van der Waals surface area contributed by atoms with Crippen LogP contribution in [0.1, 0.15) is 18.7 Å². The molecule has 0 spiro atoms. The predicted molar refractivity (Wildman–Crippen MR) is 81.4 cm³/mol. The van der Waals surface area contributed by atoms with Crippen LogP contribution in [0.4, 0.5) is 0 Å². The Balaban J connectivity index is 1.87. The van der Waals surface area contributed by atoms with Crippen LogP contribution in [0.3, 0.4) is 0 Å². The molecule has 1 atom stereocenters. The fourth-order valence-corrected chi connectivity index (χ4v) is 3.41. The van der Waals surface area contributed by atoms with Crippen LogP contribution in [0, 0.1) is 0 Å². The standard InChI is InChI=1S/C16H15NO3S/c1-12(16-11-13-7-5-6-10-15(13)20-16)17-21(18,19)14-8-3-2-4-9-14/h2-12,17H,1H3. The Kier molecular flexibility index (Phi) is 3.53. The van der Waals surface area contributed by atoms with Crippen LogP contribution in [-0.4, -0.2) is 8.42 Å². The topological polar surface area (TPSA) is 59.3 Å². The predicted octanol–water partition coefficient (Wildman–Crippen LogP) is 3.47. The van der Waals surface area contributed by atoms with Crippen molar-refractivity contribution in [3.05, 3.63) is 66.4 Å². The average Bonchev–Trinajstić information content (AvgIpc) is 2.92. The Morgan fingerprint density at radius 3 is 2.38 bits per heavy atom. The monoisotopic (exact) mass is 301 g/mol. The highest BCUT2D eigenvalue weighted by Crippen LogP contribution is 2.24. The number of nitrogens with one attached hydrogen (secondary N) is 1. The average molecular weight is 301 g/mol. The molecule has 0 bridgehead atoms. The van der Waals surface area contributed by atoms with Gasteiger partial charge in [0, 0.05) is 5.39 Å². The minimum Gasteiger partial charge on any atom is -0.459 e. The third-order valence-electron chi connectivity index (χ3n) is 3.26. The SMILES string of the molecule is CC(NS(=O)(=O)c1ccccc1)c1cc2ccccc2o1. The molecule has 0 aliphatic carbocycles. The molecule has 3 aromatic rings. The maximum Gasteiger partial charge on any atom is 0.241 e. The van der Waals surface area contributed by atoms with Crippen molar-refractivity contribution >= 4 is 21.0 Å². The fraction of sp³-hybridized carbons (Fsp3) is 0.125. The third kappa shape index (κ3) is 2.84. The second-order valence-corrected chi connectivity index (χ2v) is 6.56. The highest BCUT2D eigenvalue weighted by atomic mass is 32.2. The molecule has 0 saturated carbocycles. The van der Waals surface area contributed by atoms with Gasteiger partial charge in [-0.05, 0) is 31.2 Å². The second-order valence-electron chi connectivity index (χ2n) is 4.84. The summed E-state index contributed by atoms with van der Waals surface area (Å²) in [5, 5.41) is 0.957. The van der Waals surface area contributed by atoms with Gasteiger partial charge in [-0.3, -0.25) is 0 Å². The highest BCUT2D eigenvalue weighted by molar-refractivity contribution is 7.89. The van der Waals surface area contributed by atoms with E-state index >= 15 is 0 Å². The van der Waals surface area contributed by atoms with Crippen LogP contribution in [0.15, 0.2) is 70.0 Å². The molecule has 1 N–H and O–H groups in total. The Bertz CT molecular complexity index is 820. The molecule has 108 valence electrons. The summed E-state index contributed by atoms with van der Waals surface area (Å²) in [7, 11) is -3.56. The van der Waals surface area contributed by atoms with E-state index in [1.807, 2.05) is 30.3 Å². The van der Waals surface area contributed by atoms with Crippen LogP contribution >= 0.6 is 0 Å². The van der Waals surface area contributed by atoms with Gasteiger partial charge in [-0.15, -0.1) is 0 Å². The first kappa shape index (κ1) is 13.9. The second kappa shape index (κ2) is 5.35. The van der Waals surface area contributed by atoms with Gasteiger partial charge in [-0.1, -0.05) is 36.4 Å². The summed E-state index contributed by atoms with van der Waals surface area (Å²) in [4.78, 5) is 0.243. The van der Waals surface area contributed by atoms with Crippen molar-refractivity contribution in [1.29, 1.82) is 0 Å². The maximum absolute atomic E-state index is 12.3. The van der Waals surface area contributed by atoms with Gasteiger partial charge in [-0.2, -0.15) is 0 Å². The molecule has 1 heterocycles. The van der Waals surface area contributed by atoms with E-state index in [9.17, 15) is 8.42 Å². The van der Waals surface area contributed by atoms with Crippen molar-refractivity contribution in [2.24, 2.45) is 0 Å². The molecule has 2 aromatic carbocycles. The molecule has 3 rings (SSSR count). The zero-order valence-electron chi connectivity index (χ0n) is 11.5. The molecule has 4 nitrogen and oxygen atoms in total. The van der Waals surface area contributed by atoms with Gasteiger partial charge in [-0.25, -0.2) is 13.1 Å². The summed E-state index contributed by atoms with van der Waals surface area (Å²) in [6, 6.07) is 17.3. The first-order valence-electron chi connectivity index (χ1n) is 6.62. The number of fused-ring (bicyclic) bond motifs is 1. The van der Waals surface area contributed by atoms with E-state index in [1.54, 1.807) is 37.3 Å². The van der Waals surface area contributed by atoms with Crippen molar-refractivity contribution in [1.82, 2.24) is 4.72 Å². The lowest BCUT2D eigenvalue weighted by Crippen LogP contribution is -2.26. The van der Waals surface area contributed by atoms with E-state index in [0.717, 1.165) is 11.0 Å². The summed E-state index contributed by atoms with van der Waals surface area (Å²) in [5.41, 5.74) is 0.748. The van der Waals surface area contributed by atoms with Crippen LogP contribution in [0.25, 0.3) is 11.0 Å². The van der Waals surface area contributed by atoms with Gasteiger partial charge in [0.2, 0.25) is 10.0 Å². The molecule has 0 saturated heterocycles. The van der Waals surface area contributed by atoms with Gasteiger partial charge in [0.05, 0.1) is 10.9 Å². The lowest BCUT2D eigenvalue weighted by Gasteiger charge is -2.11. The van der Waals surface area contributed by atoms with Crippen LogP contribution < -0.4 is 4.72 Å². The Labute approximate surface area is 123 Å². The number of furan rings is 1. The molecule has 0 fully saturated rings. The van der Waals surface area contributed by atoms with Crippen molar-refractivity contribution in [3.8, 4) is 0 Å². The third-order valence-corrected chi connectivity index (χ3v) is 4.81. The lowest BCUT2D eigenvalue weighted by molar-refractivity contribution is 0.484. The number of rotatable bonds is 4. The zero-order valence-corrected chi connectivity index (χ0v) is 12.3. The van der Waals surface area contributed by atoms with E-state index in [-0.39, 0.29) is 4.90 Å². The first-order chi connectivity index (χ1) is 10.1. The van der Waals surface area contributed by atoms with E-state index in [4.69, 9.17) is 4.42 Å². The van der Waals surface area contributed by atoms with E-state index in [2.05, 4.69) is 4.72 Å². The van der Waals surface area contributed by atoms with Gasteiger partial charge < -0.3 is 4.42 Å². The summed E-state index contributed by atoms with van der Waals surface area (Å²) in [6.07, 6.45) is 0. The van der Waals surface area contributed by atoms with E-state index in [0.29, 0.717) is 5.76 Å². The van der Waals surface area contributed by atoms with Crippen molar-refractivity contribution in [3.63, 3.8) is 0 Å². The molecule has 0 aliphatic rings. The molecule has 1 aromatic heterocycles. The minimum absolute atomic E-state index is 0.243. The zero-order chi connectivity index (χ0) is 14.9. The number of sulfonamides is 1. The van der Waals surface area contributed by atoms with Crippen molar-refractivity contribution in [2.45, 2.75) is 17.9 Å². The van der Waals surface area contributed by atoms with Crippen LogP contribution in [0.2, 0.25) is 0 Å². The Hall–Kier alpha value is -2.11. The molecule has 5 heteroatoms. The highest BCUT2D eigenvalue weighted by Gasteiger charge is 2.20. The van der Waals surface area contributed by atoms with Crippen LogP contribution in [-0.2, 0) is 10.0 Å². The molecule has 0 amide bonds. The smallest absolute Gasteiger partial charge is 0.241 e. The molecular weight excluding hydrogens is 286 g/mol. The molecule has 0 radical (unpaired) electrons. The summed E-state index contributed by atoms with van der Waals surface area (Å²) in [5.74, 6) is 0.593. The number of hydrogen-bond acceptors (Lipinski definition) is 3. The summed E-state index contributed by atoms with van der Waals surface area (Å²) >= 11 is 0. The molecule has 0 aliphatic heterocycles. The maximum atomic E-state index is 12.3.